The van der Waals surface area contributed by atoms with Crippen LogP contribution in [0.25, 0.3) is 0 Å². The summed E-state index contributed by atoms with van der Waals surface area (Å²) in [6.45, 7) is 12.7. The van der Waals surface area contributed by atoms with Crippen LogP contribution in [0.5, 0.6) is 0 Å². The third kappa shape index (κ3) is 2.50. The number of hydrogen-bond donors (Lipinski definition) is 0. The number of nitrogens with zero attached hydrogens (tertiary/aromatic N) is 1. The highest BCUT2D eigenvalue weighted by atomic mass is 15.0. The third-order valence-corrected chi connectivity index (χ3v) is 3.89. The highest BCUT2D eigenvalue weighted by Crippen LogP contribution is 2.35. The first kappa shape index (κ1) is 13.3. The summed E-state index contributed by atoms with van der Waals surface area (Å²) in [5.41, 5.74) is 4.46. The maximum absolute atomic E-state index is 2.50. The van der Waals surface area contributed by atoms with E-state index in [1.54, 1.807) is 0 Å². The summed E-state index contributed by atoms with van der Waals surface area (Å²) in [5, 5.41) is 0. The standard InChI is InChI=1S/C17H26N/c1-12(2)15-7-6-8-16(13(3)4)17(15)18-10-9-14(5)11-18/h6-8,11-14H,9-10H2,1-5H3/q+1. The fourth-order valence-corrected chi connectivity index (χ4v) is 2.83. The number of rotatable bonds is 3. The molecule has 98 valence electrons. The molecule has 1 aromatic rings. The highest BCUT2D eigenvalue weighted by molar-refractivity contribution is 5.61. The van der Waals surface area contributed by atoms with Crippen molar-refractivity contribution in [2.24, 2.45) is 5.92 Å². The Morgan fingerprint density at radius 1 is 1.06 bits per heavy atom. The van der Waals surface area contributed by atoms with E-state index in [1.807, 2.05) is 0 Å². The lowest BCUT2D eigenvalue weighted by Gasteiger charge is -2.15. The van der Waals surface area contributed by atoms with Crippen molar-refractivity contribution in [2.75, 3.05) is 6.54 Å². The molecule has 1 unspecified atom stereocenters. The summed E-state index contributed by atoms with van der Waals surface area (Å²) in [6.07, 6.45) is 3.69. The molecule has 1 heteroatoms. The number of para-hydroxylation sites is 1. The molecule has 0 amide bonds. The molecule has 18 heavy (non-hydrogen) atoms. The fourth-order valence-electron chi connectivity index (χ4n) is 2.83. The molecular formula is C17H26N+. The SMILES string of the molecule is CC1C=[N+](c2c(C(C)C)cccc2C(C)C)CC1. The monoisotopic (exact) mass is 244 g/mol. The quantitative estimate of drug-likeness (QED) is 0.679. The molecule has 1 heterocycles. The van der Waals surface area contributed by atoms with E-state index in [1.165, 1.54) is 29.8 Å². The minimum atomic E-state index is 0.586. The lowest BCUT2D eigenvalue weighted by molar-refractivity contribution is -0.428. The molecule has 0 aliphatic carbocycles. The van der Waals surface area contributed by atoms with Gasteiger partial charge < -0.3 is 0 Å². The molecule has 1 nitrogen and oxygen atoms in total. The molecule has 0 bridgehead atoms. The maximum atomic E-state index is 2.50. The van der Waals surface area contributed by atoms with Crippen LogP contribution in [0.1, 0.15) is 64.0 Å². The molecular weight excluding hydrogens is 218 g/mol. The van der Waals surface area contributed by atoms with Crippen molar-refractivity contribution in [3.63, 3.8) is 0 Å². The van der Waals surface area contributed by atoms with Gasteiger partial charge in [-0.15, -0.1) is 0 Å². The maximum Gasteiger partial charge on any atom is 0.211 e. The van der Waals surface area contributed by atoms with Gasteiger partial charge in [-0.1, -0.05) is 52.8 Å². The van der Waals surface area contributed by atoms with Gasteiger partial charge >= 0.3 is 0 Å². The molecule has 0 spiro atoms. The van der Waals surface area contributed by atoms with E-state index >= 15 is 0 Å². The average Bonchev–Trinajstić information content (AvgIpc) is 2.74. The van der Waals surface area contributed by atoms with Gasteiger partial charge in [0.15, 0.2) is 0 Å². The molecule has 1 atom stereocenters. The molecule has 0 radical (unpaired) electrons. The molecule has 0 saturated heterocycles. The Morgan fingerprint density at radius 3 is 2.00 bits per heavy atom. The predicted octanol–water partition coefficient (Wildman–Crippen LogP) is 4.69. The molecule has 0 fully saturated rings. The van der Waals surface area contributed by atoms with E-state index in [0.29, 0.717) is 17.8 Å². The van der Waals surface area contributed by atoms with Crippen LogP contribution in [-0.4, -0.2) is 17.3 Å². The minimum Gasteiger partial charge on any atom is -0.202 e. The molecule has 0 saturated carbocycles. The number of benzene rings is 1. The van der Waals surface area contributed by atoms with Gasteiger partial charge in [-0.25, -0.2) is 4.58 Å². The zero-order valence-corrected chi connectivity index (χ0v) is 12.4. The van der Waals surface area contributed by atoms with Gasteiger partial charge in [-0.3, -0.25) is 0 Å². The third-order valence-electron chi connectivity index (χ3n) is 3.89. The Bertz CT molecular complexity index is 428. The van der Waals surface area contributed by atoms with Crippen LogP contribution in [0.15, 0.2) is 18.2 Å². The van der Waals surface area contributed by atoms with E-state index in [-0.39, 0.29) is 0 Å². The van der Waals surface area contributed by atoms with Crippen LogP contribution in [0.2, 0.25) is 0 Å². The highest BCUT2D eigenvalue weighted by Gasteiger charge is 2.27. The van der Waals surface area contributed by atoms with Gasteiger partial charge in [0, 0.05) is 23.5 Å². The second-order valence-corrected chi connectivity index (χ2v) is 6.20. The molecule has 1 aliphatic rings. The Morgan fingerprint density at radius 2 is 1.61 bits per heavy atom. The Balaban J connectivity index is 2.57. The van der Waals surface area contributed by atoms with Crippen LogP contribution in [0.3, 0.4) is 0 Å². The zero-order chi connectivity index (χ0) is 13.3. The van der Waals surface area contributed by atoms with Crippen molar-refractivity contribution in [3.05, 3.63) is 29.3 Å². The van der Waals surface area contributed by atoms with Crippen molar-refractivity contribution < 1.29 is 4.58 Å². The summed E-state index contributed by atoms with van der Waals surface area (Å²) in [7, 11) is 0. The van der Waals surface area contributed by atoms with Gasteiger partial charge in [0.05, 0.1) is 0 Å². The van der Waals surface area contributed by atoms with Crippen molar-refractivity contribution in [1.29, 1.82) is 0 Å². The summed E-state index contributed by atoms with van der Waals surface area (Å²) in [4.78, 5) is 0. The Labute approximate surface area is 112 Å². The largest absolute Gasteiger partial charge is 0.211 e. The first-order valence-corrected chi connectivity index (χ1v) is 7.25. The Hall–Kier alpha value is -1.11. The van der Waals surface area contributed by atoms with E-state index in [2.05, 4.69) is 63.6 Å². The first-order chi connectivity index (χ1) is 8.50. The van der Waals surface area contributed by atoms with E-state index in [9.17, 15) is 0 Å². The van der Waals surface area contributed by atoms with Gasteiger partial charge in [-0.2, -0.15) is 0 Å². The number of hydrogen-bond acceptors (Lipinski definition) is 0. The minimum absolute atomic E-state index is 0.586. The second kappa shape index (κ2) is 5.26. The van der Waals surface area contributed by atoms with Gasteiger partial charge in [0.25, 0.3) is 0 Å². The molecule has 2 rings (SSSR count). The van der Waals surface area contributed by atoms with E-state index < -0.39 is 0 Å². The molecule has 1 aliphatic heterocycles. The summed E-state index contributed by atoms with van der Waals surface area (Å²) in [6, 6.07) is 6.80. The van der Waals surface area contributed by atoms with Gasteiger partial charge in [-0.05, 0) is 11.8 Å². The van der Waals surface area contributed by atoms with Crippen LogP contribution in [0.4, 0.5) is 5.69 Å². The van der Waals surface area contributed by atoms with E-state index in [0.717, 1.165) is 0 Å². The van der Waals surface area contributed by atoms with Crippen molar-refractivity contribution in [3.8, 4) is 0 Å². The van der Waals surface area contributed by atoms with Crippen LogP contribution >= 0.6 is 0 Å². The second-order valence-electron chi connectivity index (χ2n) is 6.20. The first-order valence-electron chi connectivity index (χ1n) is 7.25. The Kier molecular flexibility index (Phi) is 3.89. The lowest BCUT2D eigenvalue weighted by atomic mass is 9.92. The fraction of sp³-hybridized carbons (Fsp3) is 0.588. The lowest BCUT2D eigenvalue weighted by Crippen LogP contribution is -2.09. The van der Waals surface area contributed by atoms with Crippen LogP contribution < -0.4 is 0 Å². The van der Waals surface area contributed by atoms with Gasteiger partial charge in [0.1, 0.15) is 12.8 Å². The molecule has 0 N–H and O–H groups in total. The summed E-state index contributed by atoms with van der Waals surface area (Å²) < 4.78 is 2.50. The molecule has 1 aromatic carbocycles. The van der Waals surface area contributed by atoms with Crippen molar-refractivity contribution in [2.45, 2.75) is 52.9 Å². The van der Waals surface area contributed by atoms with Crippen LogP contribution in [-0.2, 0) is 0 Å². The summed E-state index contributed by atoms with van der Waals surface area (Å²) in [5.74, 6) is 1.89. The van der Waals surface area contributed by atoms with E-state index in [4.69, 9.17) is 0 Å². The smallest absolute Gasteiger partial charge is 0.202 e. The van der Waals surface area contributed by atoms with Crippen molar-refractivity contribution in [1.82, 2.24) is 0 Å². The topological polar surface area (TPSA) is 3.01 Å². The predicted molar refractivity (Wildman–Crippen MR) is 79.3 cm³/mol. The normalized spacial score (nSPS) is 19.7. The average molecular weight is 244 g/mol. The molecule has 0 aromatic heterocycles. The van der Waals surface area contributed by atoms with Crippen molar-refractivity contribution >= 4 is 11.9 Å². The van der Waals surface area contributed by atoms with Crippen LogP contribution in [0, 0.1) is 5.92 Å². The van der Waals surface area contributed by atoms with Gasteiger partial charge in [0.2, 0.25) is 5.69 Å². The zero-order valence-electron chi connectivity index (χ0n) is 12.4. The summed E-state index contributed by atoms with van der Waals surface area (Å²) >= 11 is 0.